The molecule has 0 bridgehead atoms. The van der Waals surface area contributed by atoms with Crippen molar-refractivity contribution in [2.45, 2.75) is 40.5 Å². The highest BCUT2D eigenvalue weighted by Gasteiger charge is 2.14. The Kier molecular flexibility index (Phi) is 2.53. The average Bonchev–Trinajstić information content (AvgIpc) is 2.30. The molecule has 0 amide bonds. The van der Waals surface area contributed by atoms with Crippen LogP contribution in [0.25, 0.3) is 0 Å². The second kappa shape index (κ2) is 3.25. The molecule has 11 heavy (non-hydrogen) atoms. The Morgan fingerprint density at radius 3 is 2.45 bits per heavy atom. The third kappa shape index (κ3) is 1.55. The normalized spacial score (nSPS) is 18.1. The first-order valence-corrected chi connectivity index (χ1v) is 4.55. The lowest BCUT2D eigenvalue weighted by atomic mass is 9.95. The van der Waals surface area contributed by atoms with E-state index in [1.807, 2.05) is 0 Å². The van der Waals surface area contributed by atoms with Gasteiger partial charge in [0.05, 0.1) is 0 Å². The lowest BCUT2D eigenvalue weighted by Crippen LogP contribution is -1.95. The minimum atomic E-state index is 0.711. The third-order valence-electron chi connectivity index (χ3n) is 2.47. The maximum atomic E-state index is 2.39. The molecule has 0 aromatic rings. The highest BCUT2D eigenvalue weighted by atomic mass is 14.2. The third-order valence-corrected chi connectivity index (χ3v) is 2.47. The number of rotatable bonds is 2. The molecule has 0 nitrogen and oxygen atoms in total. The van der Waals surface area contributed by atoms with Gasteiger partial charge in [0.25, 0.3) is 0 Å². The van der Waals surface area contributed by atoms with Gasteiger partial charge >= 0.3 is 0 Å². The summed E-state index contributed by atoms with van der Waals surface area (Å²) in [6.07, 6.45) is 4.78. The van der Waals surface area contributed by atoms with Gasteiger partial charge in [-0.3, -0.25) is 0 Å². The lowest BCUT2D eigenvalue weighted by Gasteiger charge is -2.10. The highest BCUT2D eigenvalue weighted by molar-refractivity contribution is 5.42. The first-order chi connectivity index (χ1) is 5.16. The molecule has 0 atom stereocenters. The summed E-state index contributed by atoms with van der Waals surface area (Å²) >= 11 is 0. The average molecular weight is 150 g/mol. The van der Waals surface area contributed by atoms with E-state index in [0.717, 1.165) is 0 Å². The molecule has 0 aromatic carbocycles. The van der Waals surface area contributed by atoms with Gasteiger partial charge in [-0.2, -0.15) is 0 Å². The minimum Gasteiger partial charge on any atom is -0.0767 e. The Balaban J connectivity index is 2.85. The largest absolute Gasteiger partial charge is 0.0767 e. The molecule has 0 heteroatoms. The van der Waals surface area contributed by atoms with Crippen molar-refractivity contribution in [1.29, 1.82) is 0 Å². The van der Waals surface area contributed by atoms with E-state index >= 15 is 0 Å². The quantitative estimate of drug-likeness (QED) is 0.563. The monoisotopic (exact) mass is 150 g/mol. The zero-order valence-electron chi connectivity index (χ0n) is 8.07. The summed E-state index contributed by atoms with van der Waals surface area (Å²) in [6.45, 7) is 9.06. The van der Waals surface area contributed by atoms with E-state index in [0.29, 0.717) is 5.92 Å². The predicted molar refractivity (Wildman–Crippen MR) is 50.5 cm³/mol. The fourth-order valence-electron chi connectivity index (χ4n) is 1.85. The van der Waals surface area contributed by atoms with Crippen LogP contribution in [-0.2, 0) is 0 Å². The second-order valence-electron chi connectivity index (χ2n) is 3.63. The van der Waals surface area contributed by atoms with Gasteiger partial charge in [0.2, 0.25) is 0 Å². The maximum Gasteiger partial charge on any atom is -0.0130 e. The van der Waals surface area contributed by atoms with Gasteiger partial charge in [0.1, 0.15) is 0 Å². The summed E-state index contributed by atoms with van der Waals surface area (Å²) in [4.78, 5) is 0. The summed E-state index contributed by atoms with van der Waals surface area (Å²) in [5.74, 6) is 0.711. The van der Waals surface area contributed by atoms with Crippen LogP contribution >= 0.6 is 0 Å². The fourth-order valence-corrected chi connectivity index (χ4v) is 1.85. The van der Waals surface area contributed by atoms with Crippen molar-refractivity contribution in [3.05, 3.63) is 22.8 Å². The van der Waals surface area contributed by atoms with Gasteiger partial charge in [0, 0.05) is 0 Å². The summed E-state index contributed by atoms with van der Waals surface area (Å²) in [5.41, 5.74) is 4.78. The lowest BCUT2D eigenvalue weighted by molar-refractivity contribution is 0.769. The topological polar surface area (TPSA) is 0 Å². The van der Waals surface area contributed by atoms with E-state index < -0.39 is 0 Å². The molecular formula is C11H18. The molecule has 0 saturated carbocycles. The molecule has 0 heterocycles. The van der Waals surface area contributed by atoms with Crippen molar-refractivity contribution >= 4 is 0 Å². The summed E-state index contributed by atoms with van der Waals surface area (Å²) in [7, 11) is 0. The molecule has 0 unspecified atom stereocenters. The molecule has 1 rings (SSSR count). The van der Waals surface area contributed by atoms with E-state index in [1.165, 1.54) is 12.8 Å². The van der Waals surface area contributed by atoms with Crippen molar-refractivity contribution < 1.29 is 0 Å². The smallest absolute Gasteiger partial charge is 0.0130 e. The van der Waals surface area contributed by atoms with Crippen LogP contribution in [0.4, 0.5) is 0 Å². The van der Waals surface area contributed by atoms with Crippen LogP contribution in [0.3, 0.4) is 0 Å². The zero-order chi connectivity index (χ0) is 8.43. The van der Waals surface area contributed by atoms with Gasteiger partial charge < -0.3 is 0 Å². The second-order valence-corrected chi connectivity index (χ2v) is 3.63. The summed E-state index contributed by atoms with van der Waals surface area (Å²) in [5, 5.41) is 0. The molecule has 0 radical (unpaired) electrons. The Morgan fingerprint density at radius 1 is 1.45 bits per heavy atom. The zero-order valence-corrected chi connectivity index (χ0v) is 8.07. The maximum absolute atomic E-state index is 2.39. The van der Waals surface area contributed by atoms with Gasteiger partial charge in [-0.1, -0.05) is 32.4 Å². The molecule has 62 valence electrons. The number of hydrogen-bond donors (Lipinski definition) is 0. The SMILES string of the molecule is CCC1=C(C)CC=C1C(C)C. The van der Waals surface area contributed by atoms with E-state index in [-0.39, 0.29) is 0 Å². The van der Waals surface area contributed by atoms with Crippen molar-refractivity contribution in [1.82, 2.24) is 0 Å². The van der Waals surface area contributed by atoms with E-state index in [1.54, 1.807) is 16.7 Å². The first-order valence-electron chi connectivity index (χ1n) is 4.55. The molecular weight excluding hydrogens is 132 g/mol. The molecule has 0 saturated heterocycles. The van der Waals surface area contributed by atoms with Crippen LogP contribution in [0.5, 0.6) is 0 Å². The van der Waals surface area contributed by atoms with Crippen molar-refractivity contribution in [3.63, 3.8) is 0 Å². The van der Waals surface area contributed by atoms with Crippen LogP contribution in [0, 0.1) is 5.92 Å². The Hall–Kier alpha value is -0.520. The van der Waals surface area contributed by atoms with Gasteiger partial charge in [0.15, 0.2) is 0 Å². The summed E-state index contributed by atoms with van der Waals surface area (Å²) < 4.78 is 0. The molecule has 0 N–H and O–H groups in total. The van der Waals surface area contributed by atoms with Crippen LogP contribution < -0.4 is 0 Å². The summed E-state index contributed by atoms with van der Waals surface area (Å²) in [6, 6.07) is 0. The Labute approximate surface area is 70.0 Å². The predicted octanol–water partition coefficient (Wildman–Crippen LogP) is 3.70. The standard InChI is InChI=1S/C11H18/c1-5-10-9(4)6-7-11(10)8(2)3/h7-8H,5-6H2,1-4H3. The van der Waals surface area contributed by atoms with Crippen molar-refractivity contribution in [3.8, 4) is 0 Å². The van der Waals surface area contributed by atoms with Crippen LogP contribution in [-0.4, -0.2) is 0 Å². The van der Waals surface area contributed by atoms with Crippen LogP contribution in [0.2, 0.25) is 0 Å². The van der Waals surface area contributed by atoms with E-state index in [2.05, 4.69) is 33.8 Å². The Morgan fingerprint density at radius 2 is 2.09 bits per heavy atom. The minimum absolute atomic E-state index is 0.711. The number of allylic oxidation sites excluding steroid dienone is 4. The molecule has 0 aromatic heterocycles. The molecule has 1 aliphatic rings. The van der Waals surface area contributed by atoms with E-state index in [9.17, 15) is 0 Å². The number of hydrogen-bond acceptors (Lipinski definition) is 0. The van der Waals surface area contributed by atoms with Gasteiger partial charge in [-0.25, -0.2) is 0 Å². The Bertz CT molecular complexity index is 204. The first kappa shape index (κ1) is 8.58. The fraction of sp³-hybridized carbons (Fsp3) is 0.636. The van der Waals surface area contributed by atoms with Gasteiger partial charge in [-0.15, -0.1) is 0 Å². The molecule has 0 spiro atoms. The molecule has 0 aliphatic heterocycles. The van der Waals surface area contributed by atoms with Crippen molar-refractivity contribution in [2.24, 2.45) is 5.92 Å². The van der Waals surface area contributed by atoms with Crippen LogP contribution in [0.15, 0.2) is 22.8 Å². The van der Waals surface area contributed by atoms with E-state index in [4.69, 9.17) is 0 Å². The van der Waals surface area contributed by atoms with Crippen molar-refractivity contribution in [2.75, 3.05) is 0 Å². The van der Waals surface area contributed by atoms with Gasteiger partial charge in [-0.05, 0) is 36.8 Å². The molecule has 0 fully saturated rings. The van der Waals surface area contributed by atoms with Crippen LogP contribution in [0.1, 0.15) is 40.5 Å². The highest BCUT2D eigenvalue weighted by Crippen LogP contribution is 2.32. The molecule has 1 aliphatic carbocycles.